The number of benzene rings is 1. The highest BCUT2D eigenvalue weighted by molar-refractivity contribution is 6.00. The van der Waals surface area contributed by atoms with Gasteiger partial charge in [-0.1, -0.05) is 38.6 Å². The second kappa shape index (κ2) is 4.93. The Morgan fingerprint density at radius 1 is 1.30 bits per heavy atom. The van der Waals surface area contributed by atoms with Crippen molar-refractivity contribution < 1.29 is 4.79 Å². The third-order valence-electron chi connectivity index (χ3n) is 4.05. The first-order valence-corrected chi connectivity index (χ1v) is 7.43. The van der Waals surface area contributed by atoms with Crippen LogP contribution in [0.5, 0.6) is 0 Å². The zero-order chi connectivity index (χ0) is 14.3. The quantitative estimate of drug-likeness (QED) is 0.774. The van der Waals surface area contributed by atoms with Gasteiger partial charge in [0.25, 0.3) is 0 Å². The lowest BCUT2D eigenvalue weighted by atomic mass is 9.92. The summed E-state index contributed by atoms with van der Waals surface area (Å²) < 4.78 is 1.92. The van der Waals surface area contributed by atoms with Crippen LogP contribution in [0.15, 0.2) is 30.8 Å². The lowest BCUT2D eigenvalue weighted by molar-refractivity contribution is 0.0891. The number of allylic oxidation sites excluding steroid dienone is 1. The zero-order valence-electron chi connectivity index (χ0n) is 12.3. The molecule has 3 rings (SSSR count). The summed E-state index contributed by atoms with van der Waals surface area (Å²) in [7, 11) is 0. The summed E-state index contributed by atoms with van der Waals surface area (Å²) in [6, 6.07) is 8.25. The molecule has 2 nitrogen and oxygen atoms in total. The second-order valence-electron chi connectivity index (χ2n) is 6.13. The molecule has 1 aliphatic carbocycles. The van der Waals surface area contributed by atoms with Crippen LogP contribution in [-0.4, -0.2) is 10.5 Å². The molecule has 2 heteroatoms. The maximum atomic E-state index is 12.7. The topological polar surface area (TPSA) is 22.0 Å². The normalized spacial score (nSPS) is 14.8. The molecular weight excluding hydrogens is 246 g/mol. The van der Waals surface area contributed by atoms with Crippen LogP contribution >= 0.6 is 0 Å². The molecule has 20 heavy (non-hydrogen) atoms. The molecule has 1 aliphatic rings. The summed E-state index contributed by atoms with van der Waals surface area (Å²) in [4.78, 5) is 12.7. The number of hydrogen-bond acceptors (Lipinski definition) is 1. The van der Waals surface area contributed by atoms with Gasteiger partial charge in [-0.25, -0.2) is 0 Å². The Morgan fingerprint density at radius 2 is 2.05 bits per heavy atom. The monoisotopic (exact) mass is 267 g/mol. The number of carbonyl (C=O) groups is 1. The minimum absolute atomic E-state index is 0.195. The predicted molar refractivity (Wildman–Crippen MR) is 84.0 cm³/mol. The van der Waals surface area contributed by atoms with E-state index in [9.17, 15) is 4.79 Å². The number of aryl methyl sites for hydroxylation is 1. The minimum Gasteiger partial charge on any atom is -0.280 e. The van der Waals surface area contributed by atoms with Crippen molar-refractivity contribution in [2.24, 2.45) is 5.92 Å². The smallest absolute Gasteiger partial charge is 0.231 e. The molecule has 0 unspecified atom stereocenters. The highest BCUT2D eigenvalue weighted by atomic mass is 16.2. The Hall–Kier alpha value is -1.83. The van der Waals surface area contributed by atoms with Crippen molar-refractivity contribution in [2.45, 2.75) is 39.5 Å². The maximum Gasteiger partial charge on any atom is 0.231 e. The Morgan fingerprint density at radius 3 is 2.80 bits per heavy atom. The van der Waals surface area contributed by atoms with Crippen molar-refractivity contribution in [2.75, 3.05) is 0 Å². The number of para-hydroxylation sites is 1. The molecule has 0 spiro atoms. The summed E-state index contributed by atoms with van der Waals surface area (Å²) in [5.74, 6) is 0.566. The molecule has 0 atom stereocenters. The van der Waals surface area contributed by atoms with Crippen molar-refractivity contribution >= 4 is 22.4 Å². The fourth-order valence-corrected chi connectivity index (χ4v) is 3.23. The molecule has 1 heterocycles. The van der Waals surface area contributed by atoms with Gasteiger partial charge in [-0.2, -0.15) is 0 Å². The number of nitrogens with zero attached hydrogens (tertiary/aromatic N) is 1. The van der Waals surface area contributed by atoms with E-state index in [2.05, 4.69) is 38.6 Å². The molecule has 1 aromatic carbocycles. The fourth-order valence-electron chi connectivity index (χ4n) is 3.23. The van der Waals surface area contributed by atoms with E-state index < -0.39 is 0 Å². The van der Waals surface area contributed by atoms with Gasteiger partial charge in [0.05, 0.1) is 11.2 Å². The summed E-state index contributed by atoms with van der Waals surface area (Å²) >= 11 is 0. The molecule has 2 aromatic rings. The van der Waals surface area contributed by atoms with E-state index in [0.29, 0.717) is 12.3 Å². The van der Waals surface area contributed by atoms with E-state index in [0.717, 1.165) is 36.0 Å². The van der Waals surface area contributed by atoms with Gasteiger partial charge in [-0.3, -0.25) is 9.36 Å². The highest BCUT2D eigenvalue weighted by Crippen LogP contribution is 2.37. The fraction of sp³-hybridized carbons (Fsp3) is 0.389. The first-order valence-electron chi connectivity index (χ1n) is 7.43. The van der Waals surface area contributed by atoms with Crippen molar-refractivity contribution in [3.63, 3.8) is 0 Å². The number of carbonyl (C=O) groups excluding carboxylic acids is 1. The van der Waals surface area contributed by atoms with Crippen LogP contribution in [0.25, 0.3) is 16.5 Å². The number of aromatic nitrogens is 1. The minimum atomic E-state index is 0.195. The Labute approximate surface area is 120 Å². The maximum absolute atomic E-state index is 12.7. The lowest BCUT2D eigenvalue weighted by Crippen LogP contribution is -2.17. The van der Waals surface area contributed by atoms with Crippen LogP contribution < -0.4 is 0 Å². The summed E-state index contributed by atoms with van der Waals surface area (Å²) in [5, 5.41) is 1.22. The lowest BCUT2D eigenvalue weighted by Gasteiger charge is -2.18. The largest absolute Gasteiger partial charge is 0.280 e. The molecular formula is C18H21NO. The molecule has 104 valence electrons. The van der Waals surface area contributed by atoms with Gasteiger partial charge < -0.3 is 0 Å². The molecule has 0 amide bonds. The third kappa shape index (κ3) is 2.00. The summed E-state index contributed by atoms with van der Waals surface area (Å²) in [6.45, 7) is 8.38. The first-order chi connectivity index (χ1) is 9.59. The van der Waals surface area contributed by atoms with Crippen LogP contribution in [0, 0.1) is 5.92 Å². The van der Waals surface area contributed by atoms with Crippen molar-refractivity contribution in [1.82, 2.24) is 4.57 Å². The van der Waals surface area contributed by atoms with Crippen LogP contribution in [0.1, 0.15) is 49.2 Å². The molecule has 0 fully saturated rings. The highest BCUT2D eigenvalue weighted by Gasteiger charge is 2.25. The van der Waals surface area contributed by atoms with Gasteiger partial charge in [0.1, 0.15) is 0 Å². The van der Waals surface area contributed by atoms with Crippen molar-refractivity contribution in [1.29, 1.82) is 0 Å². The molecule has 0 aliphatic heterocycles. The van der Waals surface area contributed by atoms with Gasteiger partial charge >= 0.3 is 0 Å². The van der Waals surface area contributed by atoms with Crippen LogP contribution in [0.3, 0.4) is 0 Å². The molecule has 0 bridgehead atoms. The molecule has 1 aromatic heterocycles. The molecule has 0 N–H and O–H groups in total. The second-order valence-corrected chi connectivity index (χ2v) is 6.13. The number of fused-ring (bicyclic) bond motifs is 3. The molecule has 0 radical (unpaired) electrons. The zero-order valence-corrected chi connectivity index (χ0v) is 12.3. The van der Waals surface area contributed by atoms with E-state index in [4.69, 9.17) is 0 Å². The molecule has 0 saturated heterocycles. The summed E-state index contributed by atoms with van der Waals surface area (Å²) in [6.07, 6.45) is 3.77. The average molecular weight is 267 g/mol. The van der Waals surface area contributed by atoms with Gasteiger partial charge in [0, 0.05) is 11.8 Å². The van der Waals surface area contributed by atoms with E-state index >= 15 is 0 Å². The van der Waals surface area contributed by atoms with Gasteiger partial charge in [0.2, 0.25) is 5.91 Å². The average Bonchev–Trinajstić information content (AvgIpc) is 2.74. The first kappa shape index (κ1) is 13.2. The number of rotatable bonds is 2. The molecule has 0 saturated carbocycles. The van der Waals surface area contributed by atoms with Gasteiger partial charge in [0.15, 0.2) is 0 Å². The number of hydrogen-bond donors (Lipinski definition) is 0. The van der Waals surface area contributed by atoms with Crippen LogP contribution in [0.4, 0.5) is 0 Å². The Balaban J connectivity index is 2.27. The standard InChI is InChI=1S/C18H21NO/c1-12(2)11-17(20)19-16-10-5-4-8-14(16)15-9-6-7-13(3)18(15)19/h4-5,8,10,12H,3,6-7,9,11H2,1-2H3. The Kier molecular flexibility index (Phi) is 3.25. The van der Waals surface area contributed by atoms with E-state index in [1.54, 1.807) is 0 Å². The SMILES string of the molecule is C=C1CCCc2c1n(C(=O)CC(C)C)c1ccccc21. The summed E-state index contributed by atoms with van der Waals surface area (Å²) in [5.41, 5.74) is 4.56. The van der Waals surface area contributed by atoms with E-state index in [1.165, 1.54) is 10.9 Å². The van der Waals surface area contributed by atoms with Gasteiger partial charge in [-0.05, 0) is 42.4 Å². The van der Waals surface area contributed by atoms with Crippen LogP contribution in [-0.2, 0) is 6.42 Å². The van der Waals surface area contributed by atoms with E-state index in [-0.39, 0.29) is 5.91 Å². The third-order valence-corrected chi connectivity index (χ3v) is 4.05. The predicted octanol–water partition coefficient (Wildman–Crippen LogP) is 4.68. The van der Waals surface area contributed by atoms with Crippen LogP contribution in [0.2, 0.25) is 0 Å². The van der Waals surface area contributed by atoms with E-state index in [1.807, 2.05) is 10.6 Å². The van der Waals surface area contributed by atoms with Crippen molar-refractivity contribution in [3.05, 3.63) is 42.1 Å². The van der Waals surface area contributed by atoms with Crippen molar-refractivity contribution in [3.8, 4) is 0 Å². The Bertz CT molecular complexity index is 691. The van der Waals surface area contributed by atoms with Gasteiger partial charge in [-0.15, -0.1) is 0 Å².